The van der Waals surface area contributed by atoms with Crippen molar-refractivity contribution >= 4 is 6.09 Å². The largest absolute Gasteiger partial charge is 0.444 e. The van der Waals surface area contributed by atoms with Gasteiger partial charge in [0.1, 0.15) is 23.6 Å². The molecule has 136 valence electrons. The van der Waals surface area contributed by atoms with E-state index in [0.717, 1.165) is 12.1 Å². The molecule has 3 N–H and O–H groups in total. The number of halogens is 4. The van der Waals surface area contributed by atoms with Gasteiger partial charge in [-0.2, -0.15) is 13.2 Å². The summed E-state index contributed by atoms with van der Waals surface area (Å²) in [5.74, 6) is -1.56. The predicted octanol–water partition coefficient (Wildman–Crippen LogP) is 2.76. The van der Waals surface area contributed by atoms with Gasteiger partial charge in [0.15, 0.2) is 0 Å². The molecular weight excluding hydrogens is 334 g/mol. The zero-order chi connectivity index (χ0) is 18.7. The fraction of sp³-hybridized carbons (Fsp3) is 0.533. The number of alkyl halides is 3. The molecule has 0 heterocycles. The minimum atomic E-state index is -5.04. The number of aliphatic hydroxyl groups excluding tert-OH is 2. The van der Waals surface area contributed by atoms with E-state index in [9.17, 15) is 32.6 Å². The summed E-state index contributed by atoms with van der Waals surface area (Å²) in [6.45, 7) is 4.21. The Morgan fingerprint density at radius 2 is 1.83 bits per heavy atom. The minimum absolute atomic E-state index is 0.579. The number of carbonyl (C=O) groups excluding carboxylic acids is 1. The highest BCUT2D eigenvalue weighted by atomic mass is 19.4. The quantitative estimate of drug-likeness (QED) is 0.728. The lowest BCUT2D eigenvalue weighted by Gasteiger charge is -2.24. The second-order valence-corrected chi connectivity index (χ2v) is 6.10. The standard InChI is InChI=1S/C15H19F4NO4/c1-14(2,3)24-13(23)20-7-10(21)12(22)8-5-4-6-9(16)11(8)15(17,18)19/h4-6,10,12,21-22H,7H2,1-3H3,(H,20,23). The van der Waals surface area contributed by atoms with Gasteiger partial charge in [0.25, 0.3) is 0 Å². The van der Waals surface area contributed by atoms with E-state index in [2.05, 4.69) is 5.32 Å². The van der Waals surface area contributed by atoms with Crippen LogP contribution in [0, 0.1) is 5.82 Å². The van der Waals surface area contributed by atoms with Crippen LogP contribution in [-0.4, -0.2) is 34.6 Å². The maximum Gasteiger partial charge on any atom is 0.419 e. The van der Waals surface area contributed by atoms with E-state index in [1.807, 2.05) is 0 Å². The first-order valence-electron chi connectivity index (χ1n) is 7.01. The van der Waals surface area contributed by atoms with Crippen molar-refractivity contribution in [1.82, 2.24) is 5.32 Å². The van der Waals surface area contributed by atoms with Crippen molar-refractivity contribution in [3.8, 4) is 0 Å². The number of nitrogens with one attached hydrogen (secondary N) is 1. The lowest BCUT2D eigenvalue weighted by atomic mass is 9.97. The van der Waals surface area contributed by atoms with Crippen LogP contribution in [0.3, 0.4) is 0 Å². The molecule has 2 atom stereocenters. The van der Waals surface area contributed by atoms with Gasteiger partial charge in [-0.15, -0.1) is 0 Å². The zero-order valence-electron chi connectivity index (χ0n) is 13.3. The third-order valence-corrected chi connectivity index (χ3v) is 2.87. The topological polar surface area (TPSA) is 78.8 Å². The van der Waals surface area contributed by atoms with E-state index < -0.39 is 53.6 Å². The summed E-state index contributed by atoms with van der Waals surface area (Å²) in [7, 11) is 0. The van der Waals surface area contributed by atoms with Crippen LogP contribution in [0.5, 0.6) is 0 Å². The van der Waals surface area contributed by atoms with E-state index >= 15 is 0 Å². The van der Waals surface area contributed by atoms with Gasteiger partial charge in [0.05, 0.1) is 5.56 Å². The van der Waals surface area contributed by atoms with E-state index in [0.29, 0.717) is 6.07 Å². The molecule has 0 bridgehead atoms. The third kappa shape index (κ3) is 5.64. The molecule has 0 radical (unpaired) electrons. The molecule has 1 aromatic rings. The second kappa shape index (κ2) is 7.35. The molecule has 0 fully saturated rings. The van der Waals surface area contributed by atoms with Crippen molar-refractivity contribution in [2.75, 3.05) is 6.54 Å². The van der Waals surface area contributed by atoms with Crippen LogP contribution in [0.1, 0.15) is 38.0 Å². The number of rotatable bonds is 4. The van der Waals surface area contributed by atoms with Crippen LogP contribution in [-0.2, 0) is 10.9 Å². The van der Waals surface area contributed by atoms with Gasteiger partial charge in [-0.05, 0) is 32.4 Å². The molecule has 0 aliphatic heterocycles. The van der Waals surface area contributed by atoms with Gasteiger partial charge < -0.3 is 20.3 Å². The van der Waals surface area contributed by atoms with E-state index in [1.54, 1.807) is 20.8 Å². The average Bonchev–Trinajstić information content (AvgIpc) is 2.40. The van der Waals surface area contributed by atoms with Crippen LogP contribution in [0.2, 0.25) is 0 Å². The number of hydrogen-bond acceptors (Lipinski definition) is 4. The molecule has 1 aromatic carbocycles. The third-order valence-electron chi connectivity index (χ3n) is 2.87. The summed E-state index contributed by atoms with van der Waals surface area (Å²) in [4.78, 5) is 11.4. The minimum Gasteiger partial charge on any atom is -0.444 e. The lowest BCUT2D eigenvalue weighted by molar-refractivity contribution is -0.142. The molecule has 0 aromatic heterocycles. The first kappa shape index (κ1) is 20.2. The number of amides is 1. The normalized spacial score (nSPS) is 14.9. The van der Waals surface area contributed by atoms with E-state index in [4.69, 9.17) is 4.74 Å². The molecule has 1 amide bonds. The molecule has 0 aliphatic rings. The van der Waals surface area contributed by atoms with Gasteiger partial charge in [-0.3, -0.25) is 0 Å². The van der Waals surface area contributed by atoms with Gasteiger partial charge in [0.2, 0.25) is 0 Å². The van der Waals surface area contributed by atoms with Crippen molar-refractivity contribution in [2.24, 2.45) is 0 Å². The number of hydrogen-bond donors (Lipinski definition) is 3. The van der Waals surface area contributed by atoms with Crippen molar-refractivity contribution < 1.29 is 37.3 Å². The van der Waals surface area contributed by atoms with Crippen LogP contribution < -0.4 is 5.32 Å². The summed E-state index contributed by atoms with van der Waals surface area (Å²) in [5.41, 5.74) is -3.28. The molecule has 0 saturated heterocycles. The average molecular weight is 353 g/mol. The highest BCUT2D eigenvalue weighted by molar-refractivity contribution is 5.67. The van der Waals surface area contributed by atoms with Crippen molar-refractivity contribution in [1.29, 1.82) is 0 Å². The first-order chi connectivity index (χ1) is 10.8. The Morgan fingerprint density at radius 1 is 1.25 bits per heavy atom. The first-order valence-corrected chi connectivity index (χ1v) is 7.01. The summed E-state index contributed by atoms with van der Waals surface area (Å²) in [6, 6.07) is 2.44. The Morgan fingerprint density at radius 3 is 2.33 bits per heavy atom. The highest BCUT2D eigenvalue weighted by Gasteiger charge is 2.39. The molecular formula is C15H19F4NO4. The Kier molecular flexibility index (Phi) is 6.18. The SMILES string of the molecule is CC(C)(C)OC(=O)NCC(O)C(O)c1cccc(F)c1C(F)(F)F. The van der Waals surface area contributed by atoms with Crippen LogP contribution in [0.15, 0.2) is 18.2 Å². The maximum absolute atomic E-state index is 13.5. The van der Waals surface area contributed by atoms with E-state index in [-0.39, 0.29) is 0 Å². The Hall–Kier alpha value is -1.87. The monoisotopic (exact) mass is 353 g/mol. The summed E-state index contributed by atoms with van der Waals surface area (Å²) < 4.78 is 57.1. The van der Waals surface area contributed by atoms with Crippen LogP contribution in [0.4, 0.5) is 22.4 Å². The predicted molar refractivity (Wildman–Crippen MR) is 76.6 cm³/mol. The molecule has 24 heavy (non-hydrogen) atoms. The summed E-state index contributed by atoms with van der Waals surface area (Å²) in [6.07, 6.45) is -9.79. The van der Waals surface area contributed by atoms with Crippen LogP contribution >= 0.6 is 0 Å². The van der Waals surface area contributed by atoms with Gasteiger partial charge >= 0.3 is 12.3 Å². The second-order valence-electron chi connectivity index (χ2n) is 6.10. The molecule has 9 heteroatoms. The molecule has 1 rings (SSSR count). The Labute approximate surface area is 136 Å². The van der Waals surface area contributed by atoms with Crippen molar-refractivity contribution in [2.45, 2.75) is 44.8 Å². The number of alkyl carbamates (subject to hydrolysis) is 1. The number of ether oxygens (including phenoxy) is 1. The fourth-order valence-corrected chi connectivity index (χ4v) is 1.91. The molecule has 5 nitrogen and oxygen atoms in total. The van der Waals surface area contributed by atoms with Gasteiger partial charge in [-0.1, -0.05) is 12.1 Å². The summed E-state index contributed by atoms with van der Waals surface area (Å²) >= 11 is 0. The zero-order valence-corrected chi connectivity index (χ0v) is 13.3. The molecule has 2 unspecified atom stereocenters. The van der Waals surface area contributed by atoms with Gasteiger partial charge in [0, 0.05) is 6.54 Å². The number of carbonyl (C=O) groups is 1. The number of aliphatic hydroxyl groups is 2. The lowest BCUT2D eigenvalue weighted by Crippen LogP contribution is -2.39. The molecule has 0 aliphatic carbocycles. The smallest absolute Gasteiger partial charge is 0.419 e. The molecule has 0 spiro atoms. The van der Waals surface area contributed by atoms with Crippen LogP contribution in [0.25, 0.3) is 0 Å². The van der Waals surface area contributed by atoms with Gasteiger partial charge in [-0.25, -0.2) is 9.18 Å². The Balaban J connectivity index is 2.86. The number of benzene rings is 1. The fourth-order valence-electron chi connectivity index (χ4n) is 1.91. The van der Waals surface area contributed by atoms with Crippen molar-refractivity contribution in [3.05, 3.63) is 35.1 Å². The summed E-state index contributed by atoms with van der Waals surface area (Å²) in [5, 5.41) is 21.8. The molecule has 0 saturated carbocycles. The van der Waals surface area contributed by atoms with Crippen molar-refractivity contribution in [3.63, 3.8) is 0 Å². The van der Waals surface area contributed by atoms with E-state index in [1.165, 1.54) is 0 Å². The maximum atomic E-state index is 13.5. The Bertz CT molecular complexity index is 584. The highest BCUT2D eigenvalue weighted by Crippen LogP contribution is 2.37.